The Kier molecular flexibility index (Phi) is 6.46. The van der Waals surface area contributed by atoms with E-state index < -0.39 is 0 Å². The third-order valence-electron chi connectivity index (χ3n) is 4.01. The number of hydrogen-bond donors (Lipinski definition) is 1. The van der Waals surface area contributed by atoms with Crippen LogP contribution in [-0.4, -0.2) is 37.3 Å². The van der Waals surface area contributed by atoms with Crippen molar-refractivity contribution in [3.05, 3.63) is 23.4 Å². The lowest BCUT2D eigenvalue weighted by Gasteiger charge is -2.33. The highest BCUT2D eigenvalue weighted by atomic mass is 16.5. The van der Waals surface area contributed by atoms with Crippen LogP contribution in [0.5, 0.6) is 0 Å². The SMILES string of the molecule is CCCNCc1cnc(N2CCC(OCC)CC2)c(C)c1. The van der Waals surface area contributed by atoms with Crippen LogP contribution in [0.4, 0.5) is 5.82 Å². The van der Waals surface area contributed by atoms with Crippen molar-refractivity contribution >= 4 is 5.82 Å². The van der Waals surface area contributed by atoms with E-state index in [9.17, 15) is 0 Å². The summed E-state index contributed by atoms with van der Waals surface area (Å²) in [5.74, 6) is 1.14. The maximum absolute atomic E-state index is 5.72. The Morgan fingerprint density at radius 1 is 1.33 bits per heavy atom. The maximum Gasteiger partial charge on any atom is 0.131 e. The molecular weight excluding hydrogens is 262 g/mol. The van der Waals surface area contributed by atoms with E-state index in [0.29, 0.717) is 6.10 Å². The third-order valence-corrected chi connectivity index (χ3v) is 4.01. The minimum absolute atomic E-state index is 0.434. The van der Waals surface area contributed by atoms with Crippen LogP contribution in [0, 0.1) is 6.92 Å². The van der Waals surface area contributed by atoms with Crippen LogP contribution in [0.1, 0.15) is 44.2 Å². The van der Waals surface area contributed by atoms with Crippen molar-refractivity contribution in [1.29, 1.82) is 0 Å². The van der Waals surface area contributed by atoms with Crippen molar-refractivity contribution in [3.8, 4) is 0 Å². The van der Waals surface area contributed by atoms with E-state index in [1.807, 2.05) is 6.20 Å². The fraction of sp³-hybridized carbons (Fsp3) is 0.706. The summed E-state index contributed by atoms with van der Waals surface area (Å²) in [6, 6.07) is 2.26. The Balaban J connectivity index is 1.92. The zero-order valence-electron chi connectivity index (χ0n) is 13.7. The van der Waals surface area contributed by atoms with Crippen LogP contribution in [0.25, 0.3) is 0 Å². The largest absolute Gasteiger partial charge is 0.378 e. The van der Waals surface area contributed by atoms with Gasteiger partial charge in [-0.05, 0) is 56.8 Å². The highest BCUT2D eigenvalue weighted by molar-refractivity contribution is 5.47. The Labute approximate surface area is 128 Å². The average Bonchev–Trinajstić information content (AvgIpc) is 2.49. The van der Waals surface area contributed by atoms with Crippen LogP contribution in [0.2, 0.25) is 0 Å². The predicted molar refractivity (Wildman–Crippen MR) is 87.8 cm³/mol. The number of nitrogens with one attached hydrogen (secondary N) is 1. The number of pyridine rings is 1. The summed E-state index contributed by atoms with van der Waals surface area (Å²) >= 11 is 0. The van der Waals surface area contributed by atoms with E-state index in [1.54, 1.807) is 0 Å². The van der Waals surface area contributed by atoms with E-state index in [4.69, 9.17) is 9.72 Å². The van der Waals surface area contributed by atoms with E-state index >= 15 is 0 Å². The van der Waals surface area contributed by atoms with Crippen LogP contribution in [-0.2, 0) is 11.3 Å². The zero-order valence-corrected chi connectivity index (χ0v) is 13.7. The van der Waals surface area contributed by atoms with E-state index in [1.165, 1.54) is 17.5 Å². The summed E-state index contributed by atoms with van der Waals surface area (Å²) in [4.78, 5) is 7.09. The summed E-state index contributed by atoms with van der Waals surface area (Å²) < 4.78 is 5.72. The number of nitrogens with zero attached hydrogens (tertiary/aromatic N) is 2. The fourth-order valence-corrected chi connectivity index (χ4v) is 2.93. The molecule has 0 saturated carbocycles. The first-order valence-electron chi connectivity index (χ1n) is 8.27. The van der Waals surface area contributed by atoms with Gasteiger partial charge in [0.05, 0.1) is 6.10 Å². The molecule has 1 aromatic rings. The number of anilines is 1. The smallest absolute Gasteiger partial charge is 0.131 e. The van der Waals surface area contributed by atoms with Crippen molar-refractivity contribution in [2.45, 2.75) is 52.7 Å². The molecule has 0 aromatic carbocycles. The minimum Gasteiger partial charge on any atom is -0.378 e. The molecule has 1 aliphatic heterocycles. The molecule has 1 N–H and O–H groups in total. The molecule has 21 heavy (non-hydrogen) atoms. The molecule has 2 heterocycles. The van der Waals surface area contributed by atoms with Gasteiger partial charge in [0.25, 0.3) is 0 Å². The van der Waals surface area contributed by atoms with Crippen molar-refractivity contribution < 1.29 is 4.74 Å². The topological polar surface area (TPSA) is 37.4 Å². The van der Waals surface area contributed by atoms with Gasteiger partial charge in [-0.2, -0.15) is 0 Å². The van der Waals surface area contributed by atoms with Gasteiger partial charge in [0.1, 0.15) is 5.82 Å². The molecule has 118 valence electrons. The first-order chi connectivity index (χ1) is 10.2. The molecule has 1 saturated heterocycles. The summed E-state index contributed by atoms with van der Waals surface area (Å²) in [6.07, 6.45) is 5.83. The zero-order chi connectivity index (χ0) is 15.1. The van der Waals surface area contributed by atoms with Gasteiger partial charge in [0.2, 0.25) is 0 Å². The van der Waals surface area contributed by atoms with E-state index in [2.05, 4.69) is 37.1 Å². The second kappa shape index (κ2) is 8.35. The van der Waals surface area contributed by atoms with Crippen molar-refractivity contribution in [3.63, 3.8) is 0 Å². The van der Waals surface area contributed by atoms with Gasteiger partial charge >= 0.3 is 0 Å². The average molecular weight is 291 g/mol. The van der Waals surface area contributed by atoms with Crippen molar-refractivity contribution in [1.82, 2.24) is 10.3 Å². The summed E-state index contributed by atoms with van der Waals surface area (Å²) in [5.41, 5.74) is 2.55. The Bertz CT molecular complexity index is 428. The summed E-state index contributed by atoms with van der Waals surface area (Å²) in [7, 11) is 0. The van der Waals surface area contributed by atoms with Crippen LogP contribution in [0.15, 0.2) is 12.3 Å². The van der Waals surface area contributed by atoms with Crippen LogP contribution < -0.4 is 10.2 Å². The monoisotopic (exact) mass is 291 g/mol. The number of aromatic nitrogens is 1. The van der Waals surface area contributed by atoms with Crippen molar-refractivity contribution in [2.75, 3.05) is 31.1 Å². The Hall–Kier alpha value is -1.13. The molecular formula is C17H29N3O. The molecule has 0 radical (unpaired) electrons. The molecule has 1 fully saturated rings. The predicted octanol–water partition coefficient (Wildman–Crippen LogP) is 2.89. The molecule has 0 bridgehead atoms. The standard InChI is InChI=1S/C17H29N3O/c1-4-8-18-12-15-11-14(3)17(19-13-15)20-9-6-16(7-10-20)21-5-2/h11,13,16,18H,4-10,12H2,1-3H3. The van der Waals surface area contributed by atoms with Gasteiger partial charge in [-0.1, -0.05) is 6.92 Å². The number of aryl methyl sites for hydroxylation is 1. The van der Waals surface area contributed by atoms with Crippen LogP contribution in [0.3, 0.4) is 0 Å². The van der Waals surface area contributed by atoms with Crippen molar-refractivity contribution in [2.24, 2.45) is 0 Å². The molecule has 2 rings (SSSR count). The molecule has 0 unspecified atom stereocenters. The summed E-state index contributed by atoms with van der Waals surface area (Å²) in [5, 5.41) is 3.43. The van der Waals surface area contributed by atoms with Gasteiger partial charge in [0, 0.05) is 32.4 Å². The molecule has 0 amide bonds. The fourth-order valence-electron chi connectivity index (χ4n) is 2.93. The molecule has 0 aliphatic carbocycles. The van der Waals surface area contributed by atoms with Gasteiger partial charge in [-0.15, -0.1) is 0 Å². The number of piperidine rings is 1. The first-order valence-corrected chi connectivity index (χ1v) is 8.27. The second-order valence-corrected chi connectivity index (χ2v) is 5.80. The van der Waals surface area contributed by atoms with E-state index in [-0.39, 0.29) is 0 Å². The van der Waals surface area contributed by atoms with Gasteiger partial charge < -0.3 is 15.0 Å². The highest BCUT2D eigenvalue weighted by Gasteiger charge is 2.21. The van der Waals surface area contributed by atoms with Gasteiger partial charge in [-0.25, -0.2) is 4.98 Å². The first kappa shape index (κ1) is 16.2. The number of rotatable bonds is 7. The molecule has 1 aliphatic rings. The number of hydrogen-bond acceptors (Lipinski definition) is 4. The van der Waals surface area contributed by atoms with Gasteiger partial charge in [0.15, 0.2) is 0 Å². The molecule has 1 aromatic heterocycles. The molecule has 0 spiro atoms. The lowest BCUT2D eigenvalue weighted by Crippen LogP contribution is -2.38. The Morgan fingerprint density at radius 3 is 2.71 bits per heavy atom. The summed E-state index contributed by atoms with van der Waals surface area (Å²) in [6.45, 7) is 11.3. The lowest BCUT2D eigenvalue weighted by molar-refractivity contribution is 0.0458. The highest BCUT2D eigenvalue weighted by Crippen LogP contribution is 2.23. The number of ether oxygens (including phenoxy) is 1. The quantitative estimate of drug-likeness (QED) is 0.784. The third kappa shape index (κ3) is 4.68. The Morgan fingerprint density at radius 2 is 2.10 bits per heavy atom. The second-order valence-electron chi connectivity index (χ2n) is 5.80. The van der Waals surface area contributed by atoms with Crippen LogP contribution >= 0.6 is 0 Å². The maximum atomic E-state index is 5.72. The molecule has 4 heteroatoms. The molecule has 4 nitrogen and oxygen atoms in total. The molecule has 0 atom stereocenters. The lowest BCUT2D eigenvalue weighted by atomic mass is 10.1. The minimum atomic E-state index is 0.434. The normalized spacial score (nSPS) is 16.4. The van der Waals surface area contributed by atoms with Gasteiger partial charge in [-0.3, -0.25) is 0 Å². The van der Waals surface area contributed by atoms with E-state index in [0.717, 1.165) is 51.4 Å².